The van der Waals surface area contributed by atoms with Gasteiger partial charge in [-0.3, -0.25) is 0 Å². The molecule has 56 valence electrons. The van der Waals surface area contributed by atoms with E-state index in [0.29, 0.717) is 6.54 Å². The number of quaternary nitrogens is 1. The number of nitrogens with zero attached hydrogens (tertiary/aromatic N) is 1. The molecule has 0 bridgehead atoms. The fraction of sp³-hybridized carbons (Fsp3) is 1.00. The summed E-state index contributed by atoms with van der Waals surface area (Å²) in [5.74, 6) is 0. The molecule has 0 fully saturated rings. The Morgan fingerprint density at radius 1 is 1.78 bits per heavy atom. The van der Waals surface area contributed by atoms with Gasteiger partial charge in [-0.25, -0.2) is 0 Å². The number of likely N-dealkylation sites (N-methyl/N-ethyl adjacent to an activating group) is 2. The molecule has 9 heavy (non-hydrogen) atoms. The van der Waals surface area contributed by atoms with Crippen LogP contribution in [0.4, 0.5) is 0 Å². The van der Waals surface area contributed by atoms with Crippen molar-refractivity contribution in [3.05, 3.63) is 5.43 Å². The summed E-state index contributed by atoms with van der Waals surface area (Å²) in [6.07, 6.45) is -0.431. The van der Waals surface area contributed by atoms with E-state index < -0.39 is 6.23 Å². The first-order valence-electron chi connectivity index (χ1n) is 2.98. The second kappa shape index (κ2) is 4.69. The molecule has 0 saturated carbocycles. The molecule has 4 nitrogen and oxygen atoms in total. The van der Waals surface area contributed by atoms with E-state index in [1.54, 1.807) is 14.1 Å². The van der Waals surface area contributed by atoms with Gasteiger partial charge >= 0.3 is 0 Å². The highest BCUT2D eigenvalue weighted by atomic mass is 16.3. The van der Waals surface area contributed by atoms with Gasteiger partial charge in [0.05, 0.1) is 13.6 Å². The first kappa shape index (κ1) is 8.84. The molecule has 0 heterocycles. The van der Waals surface area contributed by atoms with Crippen LogP contribution in [0.3, 0.4) is 0 Å². The van der Waals surface area contributed by atoms with Crippen LogP contribution in [-0.2, 0) is 0 Å². The molecule has 0 aromatic carbocycles. The predicted molar refractivity (Wildman–Crippen MR) is 36.1 cm³/mol. The third-order valence-electron chi connectivity index (χ3n) is 1.23. The molecule has 0 amide bonds. The summed E-state index contributed by atoms with van der Waals surface area (Å²) in [6, 6.07) is 0. The second-order valence-corrected chi connectivity index (χ2v) is 1.94. The number of hydrogen-bond acceptors (Lipinski definition) is 2. The molecule has 0 aliphatic rings. The minimum atomic E-state index is -0.431. The maximum atomic E-state index is 9.12. The zero-order valence-corrected chi connectivity index (χ0v) is 6.18. The normalized spacial score (nSPS) is 17.3. The lowest BCUT2D eigenvalue weighted by atomic mass is 10.5. The van der Waals surface area contributed by atoms with Crippen LogP contribution in [0.5, 0.6) is 0 Å². The van der Waals surface area contributed by atoms with Gasteiger partial charge in [0.15, 0.2) is 6.23 Å². The monoisotopic (exact) mass is 133 g/mol. The molecule has 0 saturated heterocycles. The molecule has 0 aliphatic heterocycles. The molecule has 0 aromatic heterocycles. The maximum Gasteiger partial charge on any atom is 0.192 e. The van der Waals surface area contributed by atoms with Gasteiger partial charge in [0.2, 0.25) is 0 Å². The molecule has 0 aliphatic carbocycles. The smallest absolute Gasteiger partial charge is 0.192 e. The highest BCUT2D eigenvalue weighted by Crippen LogP contribution is 1.64. The van der Waals surface area contributed by atoms with Gasteiger partial charge in [0.1, 0.15) is 0 Å². The lowest BCUT2D eigenvalue weighted by Crippen LogP contribution is -3.10. The Morgan fingerprint density at radius 2 is 2.33 bits per heavy atom. The van der Waals surface area contributed by atoms with Gasteiger partial charge in [-0.1, -0.05) is 0 Å². The number of aliphatic hydroxyl groups excluding tert-OH is 1. The average molecular weight is 133 g/mol. The highest BCUT2D eigenvalue weighted by Gasteiger charge is 2.03. The standard InChI is InChI=1S/C5H15N3O/c1-6-4-5(9)8(3)7-2/h5-6,8-9H,4H2,1-3H3. The first-order chi connectivity index (χ1) is 4.22. The van der Waals surface area contributed by atoms with Gasteiger partial charge < -0.3 is 20.9 Å². The first-order valence-corrected chi connectivity index (χ1v) is 2.98. The van der Waals surface area contributed by atoms with Crippen molar-refractivity contribution in [1.29, 1.82) is 0 Å². The largest absolute Gasteiger partial charge is 0.456 e. The van der Waals surface area contributed by atoms with Gasteiger partial charge in [0, 0.05) is 0 Å². The van der Waals surface area contributed by atoms with Gasteiger partial charge in [-0.15, -0.1) is 7.05 Å². The third-order valence-corrected chi connectivity index (χ3v) is 1.23. The molecule has 2 atom stereocenters. The van der Waals surface area contributed by atoms with Crippen LogP contribution < -0.4 is 10.3 Å². The van der Waals surface area contributed by atoms with Crippen molar-refractivity contribution in [2.75, 3.05) is 27.7 Å². The van der Waals surface area contributed by atoms with Crippen molar-refractivity contribution in [2.45, 2.75) is 6.23 Å². The van der Waals surface area contributed by atoms with Crippen molar-refractivity contribution < 1.29 is 10.1 Å². The SMILES string of the molecule is C[N-][NH+](C)C(O)CNC. The molecule has 0 spiro atoms. The van der Waals surface area contributed by atoms with Gasteiger partial charge in [0.25, 0.3) is 0 Å². The summed E-state index contributed by atoms with van der Waals surface area (Å²) in [4.78, 5) is 0. The van der Waals surface area contributed by atoms with E-state index in [4.69, 9.17) is 5.11 Å². The van der Waals surface area contributed by atoms with Crippen molar-refractivity contribution >= 4 is 0 Å². The molecule has 3 N–H and O–H groups in total. The van der Waals surface area contributed by atoms with Crippen molar-refractivity contribution in [3.63, 3.8) is 0 Å². The summed E-state index contributed by atoms with van der Waals surface area (Å²) >= 11 is 0. The topological polar surface area (TPSA) is 50.8 Å². The Morgan fingerprint density at radius 3 is 2.67 bits per heavy atom. The summed E-state index contributed by atoms with van der Waals surface area (Å²) in [5.41, 5.74) is 3.83. The zero-order valence-electron chi connectivity index (χ0n) is 6.18. The molecule has 0 radical (unpaired) electrons. The van der Waals surface area contributed by atoms with Crippen LogP contribution in [0.15, 0.2) is 0 Å². The van der Waals surface area contributed by atoms with Crippen LogP contribution in [-0.4, -0.2) is 39.0 Å². The Labute approximate surface area is 55.8 Å². The highest BCUT2D eigenvalue weighted by molar-refractivity contribution is 4.45. The van der Waals surface area contributed by atoms with Crippen LogP contribution in [0.1, 0.15) is 0 Å². The molecule has 0 rings (SSSR count). The van der Waals surface area contributed by atoms with Crippen LogP contribution in [0.2, 0.25) is 0 Å². The minimum absolute atomic E-state index is 0.431. The van der Waals surface area contributed by atoms with E-state index in [0.717, 1.165) is 5.01 Å². The fourth-order valence-electron chi connectivity index (χ4n) is 0.490. The van der Waals surface area contributed by atoms with Crippen LogP contribution in [0, 0.1) is 0 Å². The van der Waals surface area contributed by atoms with Crippen LogP contribution >= 0.6 is 0 Å². The van der Waals surface area contributed by atoms with Gasteiger partial charge in [-0.2, -0.15) is 0 Å². The number of nitrogens with one attached hydrogen (secondary N) is 2. The minimum Gasteiger partial charge on any atom is -0.456 e. The predicted octanol–water partition coefficient (Wildman–Crippen LogP) is -2.04. The fourth-order valence-corrected chi connectivity index (χ4v) is 0.490. The van der Waals surface area contributed by atoms with E-state index in [9.17, 15) is 0 Å². The Balaban J connectivity index is 3.32. The second-order valence-electron chi connectivity index (χ2n) is 1.94. The summed E-state index contributed by atoms with van der Waals surface area (Å²) in [5, 5.41) is 12.7. The van der Waals surface area contributed by atoms with E-state index >= 15 is 0 Å². The molecular formula is C5H15N3O. The zero-order chi connectivity index (χ0) is 7.28. The van der Waals surface area contributed by atoms with E-state index in [2.05, 4.69) is 10.7 Å². The summed E-state index contributed by atoms with van der Waals surface area (Å²) in [7, 11) is 5.28. The lowest BCUT2D eigenvalue weighted by Gasteiger charge is -2.28. The molecular weight excluding hydrogens is 118 g/mol. The van der Waals surface area contributed by atoms with Crippen molar-refractivity contribution in [3.8, 4) is 0 Å². The number of aliphatic hydroxyl groups is 1. The average Bonchev–Trinajstić information content (AvgIpc) is 1.87. The quantitative estimate of drug-likeness (QED) is 0.305. The van der Waals surface area contributed by atoms with Crippen molar-refractivity contribution in [2.24, 2.45) is 0 Å². The van der Waals surface area contributed by atoms with Gasteiger partial charge in [-0.05, 0) is 7.05 Å². The third kappa shape index (κ3) is 3.42. The summed E-state index contributed by atoms with van der Waals surface area (Å²) in [6.45, 7) is 0.573. The summed E-state index contributed by atoms with van der Waals surface area (Å²) < 4.78 is 0. The molecule has 2 unspecified atom stereocenters. The van der Waals surface area contributed by atoms with E-state index in [1.807, 2.05) is 7.05 Å². The van der Waals surface area contributed by atoms with E-state index in [1.165, 1.54) is 0 Å². The van der Waals surface area contributed by atoms with E-state index in [-0.39, 0.29) is 0 Å². The van der Waals surface area contributed by atoms with Crippen molar-refractivity contribution in [1.82, 2.24) is 5.32 Å². The maximum absolute atomic E-state index is 9.12. The Kier molecular flexibility index (Phi) is 4.61. The number of rotatable bonds is 4. The Hall–Kier alpha value is -0.160. The lowest BCUT2D eigenvalue weighted by molar-refractivity contribution is -0.891. The molecule has 4 heteroatoms. The molecule has 0 aromatic rings. The number of hydrogen-bond donors (Lipinski definition) is 3. The Bertz CT molecular complexity index is 69.2. The van der Waals surface area contributed by atoms with Crippen LogP contribution in [0.25, 0.3) is 5.43 Å².